The van der Waals surface area contributed by atoms with Gasteiger partial charge in [-0.05, 0) is 24.3 Å². The van der Waals surface area contributed by atoms with E-state index in [1.165, 1.54) is 7.11 Å². The molecule has 0 aliphatic heterocycles. The normalized spacial score (nSPS) is 9.86. The van der Waals surface area contributed by atoms with Crippen LogP contribution in [0.4, 0.5) is 5.69 Å². The molecule has 1 aromatic heterocycles. The van der Waals surface area contributed by atoms with Gasteiger partial charge >= 0.3 is 11.8 Å². The zero-order valence-electron chi connectivity index (χ0n) is 12.2. The van der Waals surface area contributed by atoms with Gasteiger partial charge in [-0.2, -0.15) is 0 Å². The number of anilines is 1. The molecule has 0 unspecified atom stereocenters. The van der Waals surface area contributed by atoms with Gasteiger partial charge in [0.15, 0.2) is 0 Å². The Kier molecular flexibility index (Phi) is 5.48. The Labute approximate surface area is 128 Å². The van der Waals surface area contributed by atoms with Crippen LogP contribution in [0.2, 0.25) is 0 Å². The van der Waals surface area contributed by atoms with Crippen molar-refractivity contribution in [1.29, 1.82) is 0 Å². The van der Waals surface area contributed by atoms with Gasteiger partial charge in [0.25, 0.3) is 0 Å². The molecule has 0 bridgehead atoms. The third kappa shape index (κ3) is 4.31. The summed E-state index contributed by atoms with van der Waals surface area (Å²) in [7, 11) is 1.50. The highest BCUT2D eigenvalue weighted by Gasteiger charge is 2.14. The Morgan fingerprint density at radius 3 is 2.59 bits per heavy atom. The van der Waals surface area contributed by atoms with E-state index >= 15 is 0 Å². The van der Waals surface area contributed by atoms with Crippen molar-refractivity contribution < 1.29 is 14.3 Å². The Morgan fingerprint density at radius 2 is 1.86 bits per heavy atom. The van der Waals surface area contributed by atoms with Crippen molar-refractivity contribution in [2.75, 3.05) is 19.0 Å². The highest BCUT2D eigenvalue weighted by atomic mass is 16.5. The van der Waals surface area contributed by atoms with E-state index in [2.05, 4.69) is 15.6 Å². The molecule has 2 aromatic rings. The Morgan fingerprint density at radius 1 is 1.09 bits per heavy atom. The largest absolute Gasteiger partial charge is 0.495 e. The predicted molar refractivity (Wildman–Crippen MR) is 82.6 cm³/mol. The topological polar surface area (TPSA) is 80.3 Å². The lowest BCUT2D eigenvalue weighted by Crippen LogP contribution is -2.36. The van der Waals surface area contributed by atoms with Crippen LogP contribution in [0.25, 0.3) is 0 Å². The first kappa shape index (κ1) is 15.5. The number of benzene rings is 1. The fraction of sp³-hybridized carbons (Fsp3) is 0.188. The van der Waals surface area contributed by atoms with Crippen LogP contribution in [0, 0.1) is 0 Å². The molecule has 0 aliphatic carbocycles. The molecule has 6 heteroatoms. The first-order chi connectivity index (χ1) is 10.7. The summed E-state index contributed by atoms with van der Waals surface area (Å²) in [6, 6.07) is 12.5. The number of aromatic nitrogens is 1. The summed E-state index contributed by atoms with van der Waals surface area (Å²) in [5.41, 5.74) is 1.31. The molecule has 0 fully saturated rings. The number of carbonyl (C=O) groups excluding carboxylic acids is 2. The van der Waals surface area contributed by atoms with E-state index in [1.54, 1.807) is 30.5 Å². The van der Waals surface area contributed by atoms with Gasteiger partial charge in [0, 0.05) is 24.9 Å². The smallest absolute Gasteiger partial charge is 0.313 e. The number of carbonyl (C=O) groups is 2. The van der Waals surface area contributed by atoms with Crippen molar-refractivity contribution in [3.8, 4) is 5.75 Å². The van der Waals surface area contributed by atoms with Crippen LogP contribution in [0.1, 0.15) is 5.69 Å². The van der Waals surface area contributed by atoms with Crippen molar-refractivity contribution in [2.24, 2.45) is 0 Å². The maximum Gasteiger partial charge on any atom is 0.313 e. The summed E-state index contributed by atoms with van der Waals surface area (Å²) in [4.78, 5) is 27.7. The molecule has 2 rings (SSSR count). The maximum absolute atomic E-state index is 11.8. The van der Waals surface area contributed by atoms with Crippen LogP contribution in [0.15, 0.2) is 48.7 Å². The molecule has 0 atom stereocenters. The number of nitrogens with zero attached hydrogens (tertiary/aromatic N) is 1. The monoisotopic (exact) mass is 299 g/mol. The fourth-order valence-corrected chi connectivity index (χ4v) is 1.86. The number of hydrogen-bond donors (Lipinski definition) is 2. The zero-order valence-corrected chi connectivity index (χ0v) is 12.2. The van der Waals surface area contributed by atoms with Crippen LogP contribution >= 0.6 is 0 Å². The molecule has 6 nitrogen and oxygen atoms in total. The van der Waals surface area contributed by atoms with Gasteiger partial charge in [0.2, 0.25) is 0 Å². The molecule has 0 saturated carbocycles. The Hall–Kier alpha value is -2.89. The third-order valence-corrected chi connectivity index (χ3v) is 2.95. The van der Waals surface area contributed by atoms with E-state index in [0.29, 0.717) is 24.4 Å². The second-order valence-electron chi connectivity index (χ2n) is 4.48. The summed E-state index contributed by atoms with van der Waals surface area (Å²) < 4.78 is 5.11. The van der Waals surface area contributed by atoms with Crippen molar-refractivity contribution in [3.05, 3.63) is 54.4 Å². The van der Waals surface area contributed by atoms with Gasteiger partial charge in [0.1, 0.15) is 5.75 Å². The lowest BCUT2D eigenvalue weighted by molar-refractivity contribution is -0.136. The SMILES string of the molecule is COc1ccccc1NC(=O)C(=O)NCCc1ccccn1. The summed E-state index contributed by atoms with van der Waals surface area (Å²) in [5, 5.41) is 5.08. The molecule has 0 spiro atoms. The van der Waals surface area contributed by atoms with Gasteiger partial charge < -0.3 is 15.4 Å². The number of nitrogens with one attached hydrogen (secondary N) is 2. The number of pyridine rings is 1. The van der Waals surface area contributed by atoms with Crippen molar-refractivity contribution in [3.63, 3.8) is 0 Å². The molecule has 0 radical (unpaired) electrons. The first-order valence-corrected chi connectivity index (χ1v) is 6.83. The lowest BCUT2D eigenvalue weighted by atomic mass is 10.2. The van der Waals surface area contributed by atoms with E-state index in [9.17, 15) is 9.59 Å². The summed E-state index contributed by atoms with van der Waals surface area (Å²) >= 11 is 0. The number of amides is 2. The molecular formula is C16H17N3O3. The average Bonchev–Trinajstić information content (AvgIpc) is 2.56. The van der Waals surface area contributed by atoms with Crippen molar-refractivity contribution in [1.82, 2.24) is 10.3 Å². The molecule has 114 valence electrons. The van der Waals surface area contributed by atoms with Gasteiger partial charge in [-0.25, -0.2) is 0 Å². The number of rotatable bonds is 5. The number of hydrogen-bond acceptors (Lipinski definition) is 4. The second kappa shape index (κ2) is 7.78. The quantitative estimate of drug-likeness (QED) is 0.818. The summed E-state index contributed by atoms with van der Waals surface area (Å²) in [6.45, 7) is 0.342. The van der Waals surface area contributed by atoms with E-state index in [1.807, 2.05) is 18.2 Å². The van der Waals surface area contributed by atoms with Gasteiger partial charge in [-0.15, -0.1) is 0 Å². The van der Waals surface area contributed by atoms with Crippen LogP contribution in [0.5, 0.6) is 5.75 Å². The highest BCUT2D eigenvalue weighted by Crippen LogP contribution is 2.22. The molecular weight excluding hydrogens is 282 g/mol. The van der Waals surface area contributed by atoms with Crippen molar-refractivity contribution >= 4 is 17.5 Å². The number of para-hydroxylation sites is 2. The molecule has 2 amide bonds. The van der Waals surface area contributed by atoms with Crippen LogP contribution in [-0.4, -0.2) is 30.5 Å². The fourth-order valence-electron chi connectivity index (χ4n) is 1.86. The summed E-state index contributed by atoms with van der Waals surface area (Å²) in [6.07, 6.45) is 2.25. The second-order valence-corrected chi connectivity index (χ2v) is 4.48. The number of methoxy groups -OCH3 is 1. The first-order valence-electron chi connectivity index (χ1n) is 6.83. The minimum Gasteiger partial charge on any atom is -0.495 e. The summed E-state index contributed by atoms with van der Waals surface area (Å²) in [5.74, 6) is -0.926. The molecule has 1 aromatic carbocycles. The molecule has 1 heterocycles. The van der Waals surface area contributed by atoms with E-state index in [4.69, 9.17) is 4.74 Å². The van der Waals surface area contributed by atoms with Gasteiger partial charge in [0.05, 0.1) is 12.8 Å². The van der Waals surface area contributed by atoms with E-state index in [-0.39, 0.29) is 0 Å². The van der Waals surface area contributed by atoms with Crippen LogP contribution in [0.3, 0.4) is 0 Å². The Balaban J connectivity index is 1.83. The van der Waals surface area contributed by atoms with Crippen LogP contribution < -0.4 is 15.4 Å². The lowest BCUT2D eigenvalue weighted by Gasteiger charge is -2.09. The zero-order chi connectivity index (χ0) is 15.8. The number of ether oxygens (including phenoxy) is 1. The predicted octanol–water partition coefficient (Wildman–Crippen LogP) is 1.39. The molecule has 0 aliphatic rings. The third-order valence-electron chi connectivity index (χ3n) is 2.95. The van der Waals surface area contributed by atoms with E-state index in [0.717, 1.165) is 5.69 Å². The maximum atomic E-state index is 11.8. The van der Waals surface area contributed by atoms with Crippen LogP contribution in [-0.2, 0) is 16.0 Å². The standard InChI is InChI=1S/C16H17N3O3/c1-22-14-8-3-2-7-13(14)19-16(21)15(20)18-11-9-12-6-4-5-10-17-12/h2-8,10H,9,11H2,1H3,(H,18,20)(H,19,21). The van der Waals surface area contributed by atoms with Gasteiger partial charge in [-0.3, -0.25) is 14.6 Å². The van der Waals surface area contributed by atoms with Crippen molar-refractivity contribution in [2.45, 2.75) is 6.42 Å². The van der Waals surface area contributed by atoms with Gasteiger partial charge in [-0.1, -0.05) is 18.2 Å². The highest BCUT2D eigenvalue weighted by molar-refractivity contribution is 6.39. The minimum absolute atomic E-state index is 0.342. The van der Waals surface area contributed by atoms with E-state index < -0.39 is 11.8 Å². The molecule has 0 saturated heterocycles. The molecule has 22 heavy (non-hydrogen) atoms. The molecule has 2 N–H and O–H groups in total. The minimum atomic E-state index is -0.731. The average molecular weight is 299 g/mol. The Bertz CT molecular complexity index is 644.